The summed E-state index contributed by atoms with van der Waals surface area (Å²) in [7, 11) is 0. The molecule has 0 bridgehead atoms. The molecule has 0 spiro atoms. The largest absolute Gasteiger partial charge is 0.309 e. The summed E-state index contributed by atoms with van der Waals surface area (Å²) in [5, 5.41) is 12.0. The highest BCUT2D eigenvalue weighted by Crippen LogP contribution is 2.35. The van der Waals surface area contributed by atoms with E-state index in [1.54, 1.807) is 15.5 Å². The smallest absolute Gasteiger partial charge is 0.266 e. The normalized spacial score (nSPS) is 15.8. The van der Waals surface area contributed by atoms with Crippen molar-refractivity contribution < 1.29 is 4.79 Å². The van der Waals surface area contributed by atoms with Gasteiger partial charge in [-0.15, -0.1) is 0 Å². The molecule has 1 aliphatic rings. The second-order valence-corrected chi connectivity index (χ2v) is 6.98. The Morgan fingerprint density at radius 3 is 2.93 bits per heavy atom. The number of aryl methyl sites for hydroxylation is 2. The van der Waals surface area contributed by atoms with E-state index in [2.05, 4.69) is 16.2 Å². The van der Waals surface area contributed by atoms with E-state index in [0.717, 1.165) is 28.2 Å². The van der Waals surface area contributed by atoms with Crippen molar-refractivity contribution in [2.45, 2.75) is 39.7 Å². The number of aromatic amines is 1. The fourth-order valence-electron chi connectivity index (χ4n) is 3.97. The van der Waals surface area contributed by atoms with Gasteiger partial charge in [-0.2, -0.15) is 5.26 Å². The van der Waals surface area contributed by atoms with Gasteiger partial charge in [0, 0.05) is 34.7 Å². The molecule has 3 aromatic rings. The van der Waals surface area contributed by atoms with E-state index < -0.39 is 0 Å². The van der Waals surface area contributed by atoms with Crippen LogP contribution >= 0.6 is 0 Å². The van der Waals surface area contributed by atoms with Gasteiger partial charge in [-0.1, -0.05) is 6.07 Å². The Morgan fingerprint density at radius 2 is 2.19 bits per heavy atom. The summed E-state index contributed by atoms with van der Waals surface area (Å²) in [6.45, 7) is 5.71. The Labute approximate surface area is 155 Å². The number of hydrogen-bond donors (Lipinski definition) is 1. The summed E-state index contributed by atoms with van der Waals surface area (Å²) >= 11 is 0. The third-order valence-corrected chi connectivity index (χ3v) is 5.27. The molecule has 1 aliphatic heterocycles. The summed E-state index contributed by atoms with van der Waals surface area (Å²) in [5.41, 5.74) is 5.02. The van der Waals surface area contributed by atoms with Crippen molar-refractivity contribution in [1.82, 2.24) is 14.6 Å². The van der Waals surface area contributed by atoms with E-state index in [0.29, 0.717) is 17.6 Å². The average molecular weight is 361 g/mol. The SMILES string of the molecule is Cc1nc2cc(=O)[nH]n2c(C)c1CC(=O)N1c2cccc(C#N)c2CC1C. The minimum absolute atomic E-state index is 0.00862. The molecule has 136 valence electrons. The van der Waals surface area contributed by atoms with E-state index in [1.807, 2.05) is 32.9 Å². The van der Waals surface area contributed by atoms with Crippen molar-refractivity contribution in [2.75, 3.05) is 4.90 Å². The molecule has 0 aliphatic carbocycles. The molecule has 1 unspecified atom stereocenters. The number of aromatic nitrogens is 3. The number of benzene rings is 1. The third-order valence-electron chi connectivity index (χ3n) is 5.27. The van der Waals surface area contributed by atoms with Gasteiger partial charge >= 0.3 is 0 Å². The molecule has 1 aromatic carbocycles. The maximum atomic E-state index is 13.2. The van der Waals surface area contributed by atoms with Crippen LogP contribution in [0.1, 0.15) is 35.0 Å². The fourth-order valence-corrected chi connectivity index (χ4v) is 3.97. The number of rotatable bonds is 2. The van der Waals surface area contributed by atoms with Crippen LogP contribution in [0.5, 0.6) is 0 Å². The average Bonchev–Trinajstić information content (AvgIpc) is 3.16. The molecular formula is C20H19N5O2. The van der Waals surface area contributed by atoms with Crippen molar-refractivity contribution in [1.29, 1.82) is 5.26 Å². The van der Waals surface area contributed by atoms with Crippen LogP contribution in [0.25, 0.3) is 5.65 Å². The van der Waals surface area contributed by atoms with Gasteiger partial charge in [0.1, 0.15) is 0 Å². The van der Waals surface area contributed by atoms with Gasteiger partial charge in [-0.3, -0.25) is 14.7 Å². The molecule has 0 radical (unpaired) electrons. The summed E-state index contributed by atoms with van der Waals surface area (Å²) in [6, 6.07) is 9.13. The summed E-state index contributed by atoms with van der Waals surface area (Å²) in [6.07, 6.45) is 0.854. The van der Waals surface area contributed by atoms with Gasteiger partial charge in [0.25, 0.3) is 5.56 Å². The van der Waals surface area contributed by atoms with Gasteiger partial charge in [-0.25, -0.2) is 9.50 Å². The monoisotopic (exact) mass is 361 g/mol. The van der Waals surface area contributed by atoms with Gasteiger partial charge in [0.05, 0.1) is 18.1 Å². The molecule has 3 heterocycles. The van der Waals surface area contributed by atoms with Gasteiger partial charge in [-0.05, 0) is 44.9 Å². The second kappa shape index (κ2) is 6.09. The highest BCUT2D eigenvalue weighted by molar-refractivity contribution is 5.98. The maximum absolute atomic E-state index is 13.2. The molecule has 0 saturated carbocycles. The zero-order valence-corrected chi connectivity index (χ0v) is 15.4. The lowest BCUT2D eigenvalue weighted by Crippen LogP contribution is -2.37. The van der Waals surface area contributed by atoms with Crippen LogP contribution in [0.15, 0.2) is 29.1 Å². The summed E-state index contributed by atoms with van der Waals surface area (Å²) in [4.78, 5) is 31.0. The Kier molecular flexibility index (Phi) is 3.84. The molecule has 4 rings (SSSR count). The Hall–Kier alpha value is -3.40. The van der Waals surface area contributed by atoms with Crippen LogP contribution in [0, 0.1) is 25.2 Å². The number of H-pyrrole nitrogens is 1. The van der Waals surface area contributed by atoms with Crippen molar-refractivity contribution in [3.05, 3.63) is 62.7 Å². The molecular weight excluding hydrogens is 342 g/mol. The minimum Gasteiger partial charge on any atom is -0.309 e. The highest BCUT2D eigenvalue weighted by Gasteiger charge is 2.33. The summed E-state index contributed by atoms with van der Waals surface area (Å²) < 4.78 is 1.62. The van der Waals surface area contributed by atoms with Crippen molar-refractivity contribution in [2.24, 2.45) is 0 Å². The lowest BCUT2D eigenvalue weighted by Gasteiger charge is -2.23. The van der Waals surface area contributed by atoms with E-state index in [9.17, 15) is 14.9 Å². The summed E-state index contributed by atoms with van der Waals surface area (Å²) in [5.74, 6) is -0.0433. The van der Waals surface area contributed by atoms with Crippen LogP contribution < -0.4 is 10.5 Å². The highest BCUT2D eigenvalue weighted by atomic mass is 16.2. The number of hydrogen-bond acceptors (Lipinski definition) is 4. The van der Waals surface area contributed by atoms with Gasteiger partial charge in [0.2, 0.25) is 5.91 Å². The molecule has 0 fully saturated rings. The number of nitrogens with one attached hydrogen (secondary N) is 1. The maximum Gasteiger partial charge on any atom is 0.266 e. The molecule has 7 heteroatoms. The number of nitriles is 1. The first-order chi connectivity index (χ1) is 12.9. The molecule has 1 atom stereocenters. The quantitative estimate of drug-likeness (QED) is 0.756. The van der Waals surface area contributed by atoms with Gasteiger partial charge < -0.3 is 4.90 Å². The fraction of sp³-hybridized carbons (Fsp3) is 0.300. The van der Waals surface area contributed by atoms with Gasteiger partial charge in [0.15, 0.2) is 5.65 Å². The zero-order chi connectivity index (χ0) is 19.3. The van der Waals surface area contributed by atoms with Crippen molar-refractivity contribution in [3.63, 3.8) is 0 Å². The molecule has 7 nitrogen and oxygen atoms in total. The number of fused-ring (bicyclic) bond motifs is 2. The van der Waals surface area contributed by atoms with E-state index in [4.69, 9.17) is 0 Å². The Bertz CT molecular complexity index is 1180. The number of amides is 1. The minimum atomic E-state index is -0.223. The molecule has 0 saturated heterocycles. The Balaban J connectivity index is 1.73. The lowest BCUT2D eigenvalue weighted by atomic mass is 10.0. The van der Waals surface area contributed by atoms with Crippen LogP contribution in [-0.2, 0) is 17.6 Å². The molecule has 1 amide bonds. The molecule has 2 aromatic heterocycles. The van der Waals surface area contributed by atoms with E-state index in [1.165, 1.54) is 6.07 Å². The van der Waals surface area contributed by atoms with Crippen molar-refractivity contribution >= 4 is 17.2 Å². The van der Waals surface area contributed by atoms with Crippen LogP contribution in [0.3, 0.4) is 0 Å². The van der Waals surface area contributed by atoms with Crippen LogP contribution in [0.4, 0.5) is 5.69 Å². The predicted molar refractivity (Wildman–Crippen MR) is 101 cm³/mol. The Morgan fingerprint density at radius 1 is 1.41 bits per heavy atom. The lowest BCUT2D eigenvalue weighted by molar-refractivity contribution is -0.118. The first-order valence-corrected chi connectivity index (χ1v) is 8.82. The topological polar surface area (TPSA) is 94.3 Å². The molecule has 27 heavy (non-hydrogen) atoms. The second-order valence-electron chi connectivity index (χ2n) is 6.98. The van der Waals surface area contributed by atoms with E-state index in [-0.39, 0.29) is 23.9 Å². The standard InChI is InChI=1S/C20H19N5O2/c1-11-7-16-14(10-21)5-4-6-17(16)24(11)20(27)8-15-12(2)22-18-9-19(26)23-25(18)13(15)3/h4-6,9,11H,7-8H2,1-3H3,(H,23,26). The number of anilines is 1. The first-order valence-electron chi connectivity index (χ1n) is 8.82. The predicted octanol–water partition coefficient (Wildman–Crippen LogP) is 2.03. The number of nitrogens with zero attached hydrogens (tertiary/aromatic N) is 4. The van der Waals surface area contributed by atoms with Crippen molar-refractivity contribution in [3.8, 4) is 6.07 Å². The third kappa shape index (κ3) is 2.61. The molecule has 1 N–H and O–H groups in total. The first kappa shape index (κ1) is 17.0. The van der Waals surface area contributed by atoms with Crippen LogP contribution in [0.2, 0.25) is 0 Å². The van der Waals surface area contributed by atoms with Crippen LogP contribution in [-0.4, -0.2) is 26.5 Å². The number of carbonyl (C=O) groups is 1. The van der Waals surface area contributed by atoms with E-state index >= 15 is 0 Å². The number of carbonyl (C=O) groups excluding carboxylic acids is 1. The zero-order valence-electron chi connectivity index (χ0n) is 15.4.